The van der Waals surface area contributed by atoms with Gasteiger partial charge in [0.15, 0.2) is 5.76 Å². The standard InChI is InChI=1S/C14H16O5/c1-2-18-14(17)9-5-6-11(15)10(8-9)13(16)12-4-3-7-19-12/h3-4,7,9-10H,2,5-6,8H2,1H3. The van der Waals surface area contributed by atoms with Crippen LogP contribution in [-0.2, 0) is 14.3 Å². The summed E-state index contributed by atoms with van der Waals surface area (Å²) in [6.45, 7) is 2.04. The fourth-order valence-corrected chi connectivity index (χ4v) is 2.34. The van der Waals surface area contributed by atoms with Gasteiger partial charge in [-0.25, -0.2) is 0 Å². The Balaban J connectivity index is 2.09. The normalized spacial score (nSPS) is 23.1. The van der Waals surface area contributed by atoms with Gasteiger partial charge in [-0.1, -0.05) is 0 Å². The molecule has 19 heavy (non-hydrogen) atoms. The number of ether oxygens (including phenoxy) is 1. The van der Waals surface area contributed by atoms with Gasteiger partial charge in [0.05, 0.1) is 24.7 Å². The van der Waals surface area contributed by atoms with Crippen LogP contribution in [0.2, 0.25) is 0 Å². The minimum absolute atomic E-state index is 0.123. The van der Waals surface area contributed by atoms with Crippen LogP contribution in [0.1, 0.15) is 36.7 Å². The summed E-state index contributed by atoms with van der Waals surface area (Å²) in [6.07, 6.45) is 2.31. The summed E-state index contributed by atoms with van der Waals surface area (Å²) >= 11 is 0. The molecule has 0 bridgehead atoms. The van der Waals surface area contributed by atoms with Crippen molar-refractivity contribution in [3.63, 3.8) is 0 Å². The molecule has 5 nitrogen and oxygen atoms in total. The predicted octanol–water partition coefficient (Wildman–Crippen LogP) is 2.01. The molecule has 0 aromatic carbocycles. The van der Waals surface area contributed by atoms with Crippen LogP contribution in [0, 0.1) is 11.8 Å². The molecular weight excluding hydrogens is 248 g/mol. The first-order valence-corrected chi connectivity index (χ1v) is 6.40. The van der Waals surface area contributed by atoms with Crippen LogP contribution in [-0.4, -0.2) is 24.1 Å². The Hall–Kier alpha value is -1.91. The lowest BCUT2D eigenvalue weighted by molar-refractivity contribution is -0.150. The molecule has 1 heterocycles. The Morgan fingerprint density at radius 3 is 2.89 bits per heavy atom. The molecule has 0 spiro atoms. The molecule has 2 unspecified atom stereocenters. The minimum atomic E-state index is -0.783. The van der Waals surface area contributed by atoms with Crippen LogP contribution in [0.4, 0.5) is 0 Å². The number of hydrogen-bond donors (Lipinski definition) is 0. The smallest absolute Gasteiger partial charge is 0.308 e. The number of furan rings is 1. The number of esters is 1. The lowest BCUT2D eigenvalue weighted by Gasteiger charge is -2.25. The summed E-state index contributed by atoms with van der Waals surface area (Å²) in [5.74, 6) is -1.78. The zero-order valence-corrected chi connectivity index (χ0v) is 10.8. The molecule has 1 aromatic heterocycles. The largest absolute Gasteiger partial charge is 0.466 e. The van der Waals surface area contributed by atoms with Gasteiger partial charge in [-0.05, 0) is 31.9 Å². The molecule has 0 saturated heterocycles. The molecule has 0 radical (unpaired) electrons. The first-order valence-electron chi connectivity index (χ1n) is 6.40. The van der Waals surface area contributed by atoms with Crippen molar-refractivity contribution in [2.75, 3.05) is 6.61 Å². The topological polar surface area (TPSA) is 73.6 Å². The van der Waals surface area contributed by atoms with Crippen LogP contribution < -0.4 is 0 Å². The molecule has 2 rings (SSSR count). The SMILES string of the molecule is CCOC(=O)C1CCC(=O)C(C(=O)c2ccco2)C1. The average Bonchev–Trinajstić information content (AvgIpc) is 2.92. The van der Waals surface area contributed by atoms with E-state index >= 15 is 0 Å². The third-order valence-electron chi connectivity index (χ3n) is 3.35. The molecule has 1 aliphatic rings. The fraction of sp³-hybridized carbons (Fsp3) is 0.500. The quantitative estimate of drug-likeness (QED) is 0.472. The Labute approximate surface area is 110 Å². The predicted molar refractivity (Wildman–Crippen MR) is 65.5 cm³/mol. The van der Waals surface area contributed by atoms with E-state index in [1.165, 1.54) is 12.3 Å². The van der Waals surface area contributed by atoms with Gasteiger partial charge >= 0.3 is 5.97 Å². The third kappa shape index (κ3) is 2.92. The van der Waals surface area contributed by atoms with Crippen molar-refractivity contribution in [2.45, 2.75) is 26.2 Å². The van der Waals surface area contributed by atoms with E-state index in [0.29, 0.717) is 13.0 Å². The molecular formula is C14H16O5. The first-order chi connectivity index (χ1) is 9.13. The minimum Gasteiger partial charge on any atom is -0.466 e. The van der Waals surface area contributed by atoms with Crippen molar-refractivity contribution in [2.24, 2.45) is 11.8 Å². The van der Waals surface area contributed by atoms with Crippen molar-refractivity contribution in [1.29, 1.82) is 0 Å². The van der Waals surface area contributed by atoms with E-state index in [2.05, 4.69) is 0 Å². The summed E-state index contributed by atoms with van der Waals surface area (Å²) in [7, 11) is 0. The molecule has 1 saturated carbocycles. The maximum atomic E-state index is 12.1. The molecule has 1 fully saturated rings. The van der Waals surface area contributed by atoms with E-state index < -0.39 is 5.92 Å². The van der Waals surface area contributed by atoms with Crippen molar-refractivity contribution >= 4 is 17.5 Å². The van der Waals surface area contributed by atoms with Gasteiger partial charge in [-0.15, -0.1) is 0 Å². The molecule has 0 amide bonds. The summed E-state index contributed by atoms with van der Waals surface area (Å²) in [4.78, 5) is 35.7. The van der Waals surface area contributed by atoms with Gasteiger partial charge in [0.2, 0.25) is 5.78 Å². The summed E-state index contributed by atoms with van der Waals surface area (Å²) < 4.78 is 9.97. The Morgan fingerprint density at radius 2 is 2.26 bits per heavy atom. The third-order valence-corrected chi connectivity index (χ3v) is 3.35. The van der Waals surface area contributed by atoms with E-state index in [1.807, 2.05) is 0 Å². The number of ketones is 2. The van der Waals surface area contributed by atoms with Crippen molar-refractivity contribution in [3.8, 4) is 0 Å². The van der Waals surface area contributed by atoms with Gasteiger partial charge in [-0.2, -0.15) is 0 Å². The van der Waals surface area contributed by atoms with Crippen LogP contribution in [0.25, 0.3) is 0 Å². The first kappa shape index (κ1) is 13.5. The maximum Gasteiger partial charge on any atom is 0.308 e. The monoisotopic (exact) mass is 264 g/mol. The van der Waals surface area contributed by atoms with E-state index in [-0.39, 0.29) is 42.1 Å². The fourth-order valence-electron chi connectivity index (χ4n) is 2.34. The highest BCUT2D eigenvalue weighted by Crippen LogP contribution is 2.30. The zero-order chi connectivity index (χ0) is 13.8. The molecule has 102 valence electrons. The van der Waals surface area contributed by atoms with Crippen molar-refractivity contribution in [1.82, 2.24) is 0 Å². The van der Waals surface area contributed by atoms with Gasteiger partial charge < -0.3 is 9.15 Å². The molecule has 5 heteroatoms. The van der Waals surface area contributed by atoms with Crippen LogP contribution >= 0.6 is 0 Å². The second-order valence-corrected chi connectivity index (χ2v) is 4.58. The number of rotatable bonds is 4. The van der Waals surface area contributed by atoms with Crippen molar-refractivity contribution < 1.29 is 23.5 Å². The van der Waals surface area contributed by atoms with Gasteiger partial charge in [-0.3, -0.25) is 14.4 Å². The molecule has 1 aliphatic carbocycles. The highest BCUT2D eigenvalue weighted by Gasteiger charge is 2.38. The molecule has 0 aliphatic heterocycles. The van der Waals surface area contributed by atoms with E-state index in [1.54, 1.807) is 13.0 Å². The average molecular weight is 264 g/mol. The maximum absolute atomic E-state index is 12.1. The number of carbonyl (C=O) groups is 3. The molecule has 2 atom stereocenters. The van der Waals surface area contributed by atoms with E-state index in [4.69, 9.17) is 9.15 Å². The second kappa shape index (κ2) is 5.82. The second-order valence-electron chi connectivity index (χ2n) is 4.58. The number of Topliss-reactive ketones (excluding diaryl/α,β-unsaturated/α-hetero) is 2. The highest BCUT2D eigenvalue weighted by atomic mass is 16.5. The van der Waals surface area contributed by atoms with Crippen LogP contribution in [0.5, 0.6) is 0 Å². The van der Waals surface area contributed by atoms with Crippen LogP contribution in [0.3, 0.4) is 0 Å². The van der Waals surface area contributed by atoms with E-state index in [9.17, 15) is 14.4 Å². The van der Waals surface area contributed by atoms with Crippen molar-refractivity contribution in [3.05, 3.63) is 24.2 Å². The Morgan fingerprint density at radius 1 is 1.47 bits per heavy atom. The lowest BCUT2D eigenvalue weighted by atomic mass is 9.78. The van der Waals surface area contributed by atoms with E-state index in [0.717, 1.165) is 0 Å². The summed E-state index contributed by atoms with van der Waals surface area (Å²) in [5.41, 5.74) is 0. The summed E-state index contributed by atoms with van der Waals surface area (Å²) in [5, 5.41) is 0. The Bertz CT molecular complexity index is 474. The van der Waals surface area contributed by atoms with Gasteiger partial charge in [0, 0.05) is 6.42 Å². The Kier molecular flexibility index (Phi) is 4.14. The number of carbonyl (C=O) groups excluding carboxylic acids is 3. The lowest BCUT2D eigenvalue weighted by Crippen LogP contribution is -2.34. The number of hydrogen-bond acceptors (Lipinski definition) is 5. The van der Waals surface area contributed by atoms with Gasteiger partial charge in [0.1, 0.15) is 5.78 Å². The van der Waals surface area contributed by atoms with Gasteiger partial charge in [0.25, 0.3) is 0 Å². The van der Waals surface area contributed by atoms with Crippen LogP contribution in [0.15, 0.2) is 22.8 Å². The summed E-state index contributed by atoms with van der Waals surface area (Å²) in [6, 6.07) is 3.13. The molecule has 0 N–H and O–H groups in total. The molecule has 1 aromatic rings. The highest BCUT2D eigenvalue weighted by molar-refractivity contribution is 6.10. The zero-order valence-electron chi connectivity index (χ0n) is 10.8.